The first-order chi connectivity index (χ1) is 15.0. The third kappa shape index (κ3) is 4.59. The topological polar surface area (TPSA) is 0 Å². The molecule has 0 aliphatic rings. The first-order valence-corrected chi connectivity index (χ1v) is 22.3. The summed E-state index contributed by atoms with van der Waals surface area (Å²) in [5, 5.41) is 0. The van der Waals surface area contributed by atoms with Crippen LogP contribution in [0.3, 0.4) is 0 Å². The van der Waals surface area contributed by atoms with Crippen molar-refractivity contribution in [3.63, 3.8) is 0 Å². The van der Waals surface area contributed by atoms with E-state index in [2.05, 4.69) is 109 Å². The van der Waals surface area contributed by atoms with E-state index in [1.165, 1.54) is 22.0 Å². The van der Waals surface area contributed by atoms with Crippen molar-refractivity contribution < 1.29 is 0 Å². The summed E-state index contributed by atoms with van der Waals surface area (Å²) in [7, 11) is 15.4. The van der Waals surface area contributed by atoms with Gasteiger partial charge in [-0.25, -0.2) is 0 Å². The number of halogens is 2. The molecular formula is C27H24Cl2Ge2. The summed E-state index contributed by atoms with van der Waals surface area (Å²) in [4.78, 5) is 2.37. The summed E-state index contributed by atoms with van der Waals surface area (Å²) in [6.45, 7) is 2.20. The molecule has 154 valence electrons. The number of rotatable bonds is 6. The standard InChI is InChI=1S/C27H24Cl2Ge2/c1-23(31(29,26-18-10-4-11-19-26)27-20-12-5-13-21-27)22-30(28,24-14-6-2-7-15-24)25-16-8-3-9-17-25/h2-22H,1H3. The zero-order valence-electron chi connectivity index (χ0n) is 17.4. The molecule has 4 aromatic rings. The molecule has 0 saturated carbocycles. The van der Waals surface area contributed by atoms with Gasteiger partial charge in [-0.3, -0.25) is 0 Å². The summed E-state index contributed by atoms with van der Waals surface area (Å²) < 4.78 is 6.13. The van der Waals surface area contributed by atoms with Crippen LogP contribution in [0.2, 0.25) is 0 Å². The van der Waals surface area contributed by atoms with Crippen molar-refractivity contribution in [3.8, 4) is 0 Å². The molecule has 0 spiro atoms. The molecule has 4 rings (SSSR count). The second kappa shape index (κ2) is 9.83. The van der Waals surface area contributed by atoms with Gasteiger partial charge in [-0.15, -0.1) is 0 Å². The van der Waals surface area contributed by atoms with Crippen LogP contribution >= 0.6 is 20.0 Å². The average Bonchev–Trinajstić information content (AvgIpc) is 2.85. The summed E-state index contributed by atoms with van der Waals surface area (Å²) in [6.07, 6.45) is 0. The molecule has 0 nitrogen and oxygen atoms in total. The van der Waals surface area contributed by atoms with Gasteiger partial charge in [-0.2, -0.15) is 0 Å². The van der Waals surface area contributed by atoms with E-state index in [1.807, 2.05) is 24.3 Å². The Morgan fingerprint density at radius 1 is 0.516 bits per heavy atom. The van der Waals surface area contributed by atoms with Gasteiger partial charge < -0.3 is 0 Å². The molecule has 0 bridgehead atoms. The third-order valence-electron chi connectivity index (χ3n) is 5.69. The zero-order valence-corrected chi connectivity index (χ0v) is 23.1. The van der Waals surface area contributed by atoms with Crippen molar-refractivity contribution in [1.82, 2.24) is 0 Å². The Labute approximate surface area is 198 Å². The fourth-order valence-electron chi connectivity index (χ4n) is 4.05. The van der Waals surface area contributed by atoms with Gasteiger partial charge in [0.15, 0.2) is 0 Å². The van der Waals surface area contributed by atoms with Crippen molar-refractivity contribution in [2.75, 3.05) is 0 Å². The number of hydrogen-bond acceptors (Lipinski definition) is 0. The van der Waals surface area contributed by atoms with Gasteiger partial charge in [0.1, 0.15) is 0 Å². The van der Waals surface area contributed by atoms with E-state index >= 15 is 0 Å². The minimum absolute atomic E-state index is 1.22. The predicted octanol–water partition coefficient (Wildman–Crippen LogP) is 5.01. The summed E-state index contributed by atoms with van der Waals surface area (Å²) in [5.74, 6) is 0. The molecule has 0 N–H and O–H groups in total. The SMILES string of the molecule is C[C](=[CH][Ge]([Cl])([c]1ccccc1)[c]1ccccc1)[Ge]([Cl])([c]1ccccc1)[c]1ccccc1. The van der Waals surface area contributed by atoms with Crippen LogP contribution in [-0.4, -0.2) is 24.7 Å². The van der Waals surface area contributed by atoms with Crippen LogP contribution in [0.1, 0.15) is 6.92 Å². The van der Waals surface area contributed by atoms with E-state index in [1.54, 1.807) is 0 Å². The zero-order chi connectivity index (χ0) is 21.7. The van der Waals surface area contributed by atoms with Crippen LogP contribution in [0.4, 0.5) is 0 Å². The quantitative estimate of drug-likeness (QED) is 0.289. The summed E-state index contributed by atoms with van der Waals surface area (Å²) >= 11 is -6.67. The molecule has 0 fully saturated rings. The Bertz CT molecular complexity index is 1070. The minimum atomic E-state index is -3.35. The summed E-state index contributed by atoms with van der Waals surface area (Å²) in [5.41, 5.74) is 0. The molecular weight excluding hydrogens is 540 g/mol. The summed E-state index contributed by atoms with van der Waals surface area (Å²) in [6, 6.07) is 42.2. The molecule has 0 atom stereocenters. The first-order valence-electron chi connectivity index (χ1n) is 10.3. The maximum absolute atomic E-state index is 7.71. The van der Waals surface area contributed by atoms with Gasteiger partial charge in [-0.1, -0.05) is 0 Å². The van der Waals surface area contributed by atoms with Gasteiger partial charge in [0.2, 0.25) is 0 Å². The molecule has 0 aliphatic heterocycles. The molecule has 0 heterocycles. The van der Waals surface area contributed by atoms with E-state index in [4.69, 9.17) is 20.0 Å². The van der Waals surface area contributed by atoms with Crippen LogP contribution < -0.4 is 17.6 Å². The van der Waals surface area contributed by atoms with Crippen LogP contribution in [0.25, 0.3) is 0 Å². The Morgan fingerprint density at radius 3 is 1.13 bits per heavy atom. The van der Waals surface area contributed by atoms with Crippen molar-refractivity contribution >= 4 is 62.3 Å². The second-order valence-electron chi connectivity index (χ2n) is 7.66. The van der Waals surface area contributed by atoms with E-state index in [9.17, 15) is 0 Å². The van der Waals surface area contributed by atoms with E-state index in [0.29, 0.717) is 0 Å². The molecule has 0 aromatic heterocycles. The molecule has 0 aliphatic carbocycles. The Hall–Kier alpha value is -1.71. The van der Waals surface area contributed by atoms with Crippen molar-refractivity contribution in [2.45, 2.75) is 6.92 Å². The molecule has 4 aromatic carbocycles. The molecule has 0 unspecified atom stereocenters. The molecule has 0 saturated heterocycles. The Kier molecular flexibility index (Phi) is 7.13. The van der Waals surface area contributed by atoms with Crippen LogP contribution in [0.15, 0.2) is 131 Å². The normalized spacial score (nSPS) is 12.5. The maximum atomic E-state index is 7.71. The average molecular weight is 565 g/mol. The van der Waals surface area contributed by atoms with Gasteiger partial charge in [0.05, 0.1) is 0 Å². The fourth-order valence-corrected chi connectivity index (χ4v) is 25.8. The van der Waals surface area contributed by atoms with Crippen molar-refractivity contribution in [2.24, 2.45) is 0 Å². The fraction of sp³-hybridized carbons (Fsp3) is 0.0370. The van der Waals surface area contributed by atoms with Crippen molar-refractivity contribution in [1.29, 1.82) is 0 Å². The third-order valence-corrected chi connectivity index (χ3v) is 27.6. The monoisotopic (exact) mass is 566 g/mol. The predicted molar refractivity (Wildman–Crippen MR) is 141 cm³/mol. The van der Waals surface area contributed by atoms with Gasteiger partial charge in [0.25, 0.3) is 0 Å². The molecule has 4 heteroatoms. The van der Waals surface area contributed by atoms with Gasteiger partial charge in [0, 0.05) is 0 Å². The second-order valence-corrected chi connectivity index (χ2v) is 26.6. The molecule has 0 radical (unpaired) electrons. The molecule has 0 amide bonds. The van der Waals surface area contributed by atoms with E-state index in [0.717, 1.165) is 0 Å². The number of benzene rings is 4. The van der Waals surface area contributed by atoms with Crippen LogP contribution in [-0.2, 0) is 0 Å². The van der Waals surface area contributed by atoms with E-state index in [-0.39, 0.29) is 0 Å². The number of hydrogen-bond donors (Lipinski definition) is 0. The van der Waals surface area contributed by atoms with Gasteiger partial charge >= 0.3 is 200 Å². The van der Waals surface area contributed by atoms with Gasteiger partial charge in [-0.05, 0) is 0 Å². The van der Waals surface area contributed by atoms with E-state index < -0.39 is 24.7 Å². The Balaban J connectivity index is 1.94. The molecule has 31 heavy (non-hydrogen) atoms. The number of allylic oxidation sites excluding steroid dienone is 1. The van der Waals surface area contributed by atoms with Crippen LogP contribution in [0, 0.1) is 0 Å². The van der Waals surface area contributed by atoms with Crippen LogP contribution in [0.5, 0.6) is 0 Å². The Morgan fingerprint density at radius 2 is 0.806 bits per heavy atom. The first kappa shape index (κ1) is 22.5. The van der Waals surface area contributed by atoms with Crippen molar-refractivity contribution in [3.05, 3.63) is 131 Å².